The molecule has 5 nitrogen and oxygen atoms in total. The van der Waals surface area contributed by atoms with Crippen LogP contribution < -0.4 is 15.2 Å². The van der Waals surface area contributed by atoms with Gasteiger partial charge in [-0.05, 0) is 18.6 Å². The van der Waals surface area contributed by atoms with E-state index in [2.05, 4.69) is 21.0 Å². The summed E-state index contributed by atoms with van der Waals surface area (Å²) in [5.74, 6) is 2.09. The lowest BCUT2D eigenvalue weighted by Gasteiger charge is -2.23. The second-order valence-corrected chi connectivity index (χ2v) is 5.30. The maximum absolute atomic E-state index is 6.08. The fourth-order valence-corrected chi connectivity index (χ4v) is 2.62. The molecule has 0 spiro atoms. The van der Waals surface area contributed by atoms with Gasteiger partial charge in [-0.15, -0.1) is 0 Å². The molecule has 1 aromatic carbocycles. The molecule has 0 fully saturated rings. The summed E-state index contributed by atoms with van der Waals surface area (Å²) >= 11 is 3.55. The standard InChI is InChI=1S/C13H14BrN3O2/c1-7-9(14)5-10-12(19-4-3-18-10)11(7)8-6-16-17(2)13(8)15/h5-6H,3-4,15H2,1-2H3. The molecular formula is C13H14BrN3O2. The zero-order valence-corrected chi connectivity index (χ0v) is 12.3. The van der Waals surface area contributed by atoms with Crippen LogP contribution in [0.25, 0.3) is 11.1 Å². The molecule has 0 radical (unpaired) electrons. The summed E-state index contributed by atoms with van der Waals surface area (Å²) in [7, 11) is 1.82. The molecule has 100 valence electrons. The summed E-state index contributed by atoms with van der Waals surface area (Å²) < 4.78 is 14.0. The first-order valence-corrected chi connectivity index (χ1v) is 6.75. The third-order valence-electron chi connectivity index (χ3n) is 3.28. The third-order valence-corrected chi connectivity index (χ3v) is 4.11. The number of aromatic nitrogens is 2. The topological polar surface area (TPSA) is 62.3 Å². The molecule has 0 atom stereocenters. The molecule has 1 aliphatic rings. The number of fused-ring (bicyclic) bond motifs is 1. The van der Waals surface area contributed by atoms with E-state index in [4.69, 9.17) is 15.2 Å². The van der Waals surface area contributed by atoms with Crippen molar-refractivity contribution in [3.05, 3.63) is 22.3 Å². The minimum atomic E-state index is 0.543. The molecule has 1 aromatic heterocycles. The van der Waals surface area contributed by atoms with E-state index in [1.807, 2.05) is 20.0 Å². The highest BCUT2D eigenvalue weighted by Gasteiger charge is 2.24. The van der Waals surface area contributed by atoms with Gasteiger partial charge < -0.3 is 15.2 Å². The Morgan fingerprint density at radius 3 is 2.79 bits per heavy atom. The van der Waals surface area contributed by atoms with Crippen LogP contribution in [0, 0.1) is 6.92 Å². The summed E-state index contributed by atoms with van der Waals surface area (Å²) in [5, 5.41) is 4.19. The fraction of sp³-hybridized carbons (Fsp3) is 0.308. The van der Waals surface area contributed by atoms with Crippen LogP contribution in [0.1, 0.15) is 5.56 Å². The van der Waals surface area contributed by atoms with Crippen molar-refractivity contribution in [1.29, 1.82) is 0 Å². The predicted molar refractivity (Wildman–Crippen MR) is 76.5 cm³/mol. The summed E-state index contributed by atoms with van der Waals surface area (Å²) in [6.07, 6.45) is 1.75. The monoisotopic (exact) mass is 323 g/mol. The Kier molecular flexibility index (Phi) is 2.89. The number of anilines is 1. The fourth-order valence-electron chi connectivity index (χ4n) is 2.21. The van der Waals surface area contributed by atoms with Crippen molar-refractivity contribution in [3.8, 4) is 22.6 Å². The van der Waals surface area contributed by atoms with Crippen molar-refractivity contribution < 1.29 is 9.47 Å². The normalized spacial score (nSPS) is 13.6. The summed E-state index contributed by atoms with van der Waals surface area (Å²) in [6, 6.07) is 1.93. The Bertz CT molecular complexity index is 652. The first-order chi connectivity index (χ1) is 9.09. The Balaban J connectivity index is 2.30. The third kappa shape index (κ3) is 1.87. The quantitative estimate of drug-likeness (QED) is 0.875. The van der Waals surface area contributed by atoms with Crippen LogP contribution >= 0.6 is 15.9 Å². The molecule has 19 heavy (non-hydrogen) atoms. The van der Waals surface area contributed by atoms with Crippen molar-refractivity contribution >= 4 is 21.7 Å². The molecule has 3 rings (SSSR count). The minimum Gasteiger partial charge on any atom is -0.486 e. The van der Waals surface area contributed by atoms with Crippen molar-refractivity contribution in [2.45, 2.75) is 6.92 Å². The second-order valence-electron chi connectivity index (χ2n) is 4.45. The van der Waals surface area contributed by atoms with E-state index in [0.29, 0.717) is 19.0 Å². The van der Waals surface area contributed by atoms with Gasteiger partial charge in [0.15, 0.2) is 11.5 Å². The average Bonchev–Trinajstić information content (AvgIpc) is 2.72. The van der Waals surface area contributed by atoms with Gasteiger partial charge in [0.05, 0.1) is 6.20 Å². The largest absolute Gasteiger partial charge is 0.486 e. The highest BCUT2D eigenvalue weighted by molar-refractivity contribution is 9.10. The number of ether oxygens (including phenoxy) is 2. The zero-order chi connectivity index (χ0) is 13.6. The van der Waals surface area contributed by atoms with Crippen molar-refractivity contribution in [1.82, 2.24) is 9.78 Å². The summed E-state index contributed by atoms with van der Waals surface area (Å²) in [5.41, 5.74) is 8.94. The number of benzene rings is 1. The second kappa shape index (κ2) is 4.45. The Labute approximate surface area is 119 Å². The van der Waals surface area contributed by atoms with Crippen LogP contribution in [-0.4, -0.2) is 23.0 Å². The van der Waals surface area contributed by atoms with Crippen molar-refractivity contribution in [2.24, 2.45) is 7.05 Å². The van der Waals surface area contributed by atoms with Gasteiger partial charge in [0, 0.05) is 22.6 Å². The molecule has 0 bridgehead atoms. The van der Waals surface area contributed by atoms with Gasteiger partial charge in [0.1, 0.15) is 19.0 Å². The van der Waals surface area contributed by atoms with E-state index in [1.54, 1.807) is 10.9 Å². The lowest BCUT2D eigenvalue weighted by atomic mass is 10.0. The van der Waals surface area contributed by atoms with E-state index in [9.17, 15) is 0 Å². The van der Waals surface area contributed by atoms with E-state index in [0.717, 1.165) is 32.7 Å². The van der Waals surface area contributed by atoms with Crippen LogP contribution in [0.15, 0.2) is 16.7 Å². The lowest BCUT2D eigenvalue weighted by Crippen LogP contribution is -2.16. The number of nitrogen functional groups attached to an aromatic ring is 1. The number of rotatable bonds is 1. The van der Waals surface area contributed by atoms with E-state index >= 15 is 0 Å². The Morgan fingerprint density at radius 2 is 2.11 bits per heavy atom. The van der Waals surface area contributed by atoms with E-state index in [-0.39, 0.29) is 0 Å². The summed E-state index contributed by atoms with van der Waals surface area (Å²) in [6.45, 7) is 3.12. The van der Waals surface area contributed by atoms with E-state index in [1.165, 1.54) is 0 Å². The van der Waals surface area contributed by atoms with Crippen LogP contribution in [0.2, 0.25) is 0 Å². The molecule has 0 aliphatic carbocycles. The maximum atomic E-state index is 6.08. The van der Waals surface area contributed by atoms with Gasteiger partial charge in [-0.1, -0.05) is 15.9 Å². The summed E-state index contributed by atoms with van der Waals surface area (Å²) in [4.78, 5) is 0. The molecule has 1 aliphatic heterocycles. The van der Waals surface area contributed by atoms with Crippen LogP contribution in [0.4, 0.5) is 5.82 Å². The highest BCUT2D eigenvalue weighted by Crippen LogP contribution is 2.46. The average molecular weight is 324 g/mol. The van der Waals surface area contributed by atoms with Crippen molar-refractivity contribution in [2.75, 3.05) is 18.9 Å². The number of halogens is 1. The molecule has 0 saturated carbocycles. The van der Waals surface area contributed by atoms with Crippen molar-refractivity contribution in [3.63, 3.8) is 0 Å². The van der Waals surface area contributed by atoms with Gasteiger partial charge in [-0.25, -0.2) is 0 Å². The molecule has 0 saturated heterocycles. The smallest absolute Gasteiger partial charge is 0.169 e. The Hall–Kier alpha value is -1.69. The molecule has 2 N–H and O–H groups in total. The molecule has 2 aromatic rings. The van der Waals surface area contributed by atoms with Gasteiger partial charge in [-0.3, -0.25) is 4.68 Å². The number of hydrogen-bond donors (Lipinski definition) is 1. The van der Waals surface area contributed by atoms with Crippen LogP contribution in [0.3, 0.4) is 0 Å². The number of nitrogens with two attached hydrogens (primary N) is 1. The van der Waals surface area contributed by atoms with Gasteiger partial charge in [-0.2, -0.15) is 5.10 Å². The lowest BCUT2D eigenvalue weighted by molar-refractivity contribution is 0.172. The van der Waals surface area contributed by atoms with Gasteiger partial charge in [0.25, 0.3) is 0 Å². The first kappa shape index (κ1) is 12.3. The number of nitrogens with zero attached hydrogens (tertiary/aromatic N) is 2. The SMILES string of the molecule is Cc1c(Br)cc2c(c1-c1cnn(C)c1N)OCCO2. The van der Waals surface area contributed by atoms with Gasteiger partial charge in [0.2, 0.25) is 0 Å². The Morgan fingerprint density at radius 1 is 1.37 bits per heavy atom. The first-order valence-electron chi connectivity index (χ1n) is 5.96. The van der Waals surface area contributed by atoms with E-state index < -0.39 is 0 Å². The molecular weight excluding hydrogens is 310 g/mol. The molecule has 6 heteroatoms. The zero-order valence-electron chi connectivity index (χ0n) is 10.7. The molecule has 0 amide bonds. The molecule has 2 heterocycles. The van der Waals surface area contributed by atoms with Crippen LogP contribution in [0.5, 0.6) is 11.5 Å². The maximum Gasteiger partial charge on any atom is 0.169 e. The number of aryl methyl sites for hydroxylation is 1. The highest BCUT2D eigenvalue weighted by atomic mass is 79.9. The van der Waals surface area contributed by atoms with Crippen LogP contribution in [-0.2, 0) is 7.05 Å². The molecule has 0 unspecified atom stereocenters. The minimum absolute atomic E-state index is 0.543. The number of hydrogen-bond acceptors (Lipinski definition) is 4. The van der Waals surface area contributed by atoms with Gasteiger partial charge >= 0.3 is 0 Å². The predicted octanol–water partition coefficient (Wildman–Crippen LogP) is 2.51.